The molecule has 0 spiro atoms. The first kappa shape index (κ1) is 26.9. The van der Waals surface area contributed by atoms with E-state index in [4.69, 9.17) is 0 Å². The number of nitrogens with one attached hydrogen (secondary N) is 1. The molecule has 0 saturated carbocycles. The van der Waals surface area contributed by atoms with Crippen LogP contribution in [0.15, 0.2) is 48.1 Å². The van der Waals surface area contributed by atoms with Gasteiger partial charge in [0.15, 0.2) is 0 Å². The lowest BCUT2D eigenvalue weighted by atomic mass is 9.87. The molecule has 0 unspecified atom stereocenters. The summed E-state index contributed by atoms with van der Waals surface area (Å²) in [6.45, 7) is 16.6. The number of piperidine rings is 1. The Morgan fingerprint density at radius 3 is 2.49 bits per heavy atom. The van der Waals surface area contributed by atoms with Gasteiger partial charge in [-0.05, 0) is 81.3 Å². The number of nitrogens with zero attached hydrogens (tertiary/aromatic N) is 2. The zero-order valence-corrected chi connectivity index (χ0v) is 22.4. The van der Waals surface area contributed by atoms with Crippen LogP contribution < -0.4 is 0 Å². The van der Waals surface area contributed by atoms with Crippen molar-refractivity contribution in [2.75, 3.05) is 39.9 Å². The molecular weight excluding hydrogens is 437 g/mol. The lowest BCUT2D eigenvalue weighted by Gasteiger charge is -2.33. The Balaban J connectivity index is 1.86. The molecule has 0 radical (unpaired) electrons. The lowest BCUT2D eigenvalue weighted by Crippen LogP contribution is -2.43. The number of aromatic nitrogens is 1. The van der Waals surface area contributed by atoms with Crippen LogP contribution in [0.2, 0.25) is 0 Å². The molecule has 1 aromatic heterocycles. The van der Waals surface area contributed by atoms with E-state index in [2.05, 4.69) is 69.6 Å². The number of likely N-dealkylation sites (tertiary alicyclic amines) is 1. The van der Waals surface area contributed by atoms with Gasteiger partial charge in [-0.1, -0.05) is 49.8 Å². The number of carbonyl (C=O) groups is 1. The van der Waals surface area contributed by atoms with Gasteiger partial charge < -0.3 is 9.88 Å². The van der Waals surface area contributed by atoms with Crippen molar-refractivity contribution in [2.24, 2.45) is 0 Å². The van der Waals surface area contributed by atoms with E-state index >= 15 is 0 Å². The molecule has 3 rings (SSSR count). The number of fused-ring (bicyclic) bond motifs is 1. The van der Waals surface area contributed by atoms with Gasteiger partial charge in [-0.3, -0.25) is 9.69 Å². The number of aromatic amines is 1. The molecule has 1 aliphatic rings. The summed E-state index contributed by atoms with van der Waals surface area (Å²) in [5, 5.41) is 1.29. The van der Waals surface area contributed by atoms with Crippen LogP contribution in [0, 0.1) is 0 Å². The number of rotatable bonds is 9. The number of carbonyl (C=O) groups excluding carboxylic acids is 1. The highest BCUT2D eigenvalue weighted by Gasteiger charge is 2.25. The molecule has 1 saturated heterocycles. The second-order valence-corrected chi connectivity index (χ2v) is 10.6. The number of alkyl halides is 1. The first-order valence-corrected chi connectivity index (χ1v) is 12.8. The molecule has 2 aromatic rings. The predicted molar refractivity (Wildman–Crippen MR) is 147 cm³/mol. The molecule has 190 valence electrons. The number of amides is 1. The Kier molecular flexibility index (Phi) is 9.12. The molecule has 35 heavy (non-hydrogen) atoms. The number of benzene rings is 1. The van der Waals surface area contributed by atoms with Gasteiger partial charge in [-0.15, -0.1) is 0 Å². The Labute approximate surface area is 210 Å². The molecule has 4 nitrogen and oxygen atoms in total. The topological polar surface area (TPSA) is 39.3 Å². The molecule has 0 aliphatic carbocycles. The van der Waals surface area contributed by atoms with Crippen molar-refractivity contribution in [3.63, 3.8) is 0 Å². The van der Waals surface area contributed by atoms with Crippen molar-refractivity contribution in [3.8, 4) is 0 Å². The Bertz CT molecular complexity index is 1110. The SMILES string of the molecule is C=C(C)/C=C(\C=C(C)C)c1[nH]c2ccc(C3CCN(C(=O)CN(C)CCF)CC3)cc2c1C(C)C. The fourth-order valence-corrected chi connectivity index (χ4v) is 5.09. The van der Waals surface area contributed by atoms with Crippen LogP contribution in [-0.2, 0) is 4.79 Å². The lowest BCUT2D eigenvalue weighted by molar-refractivity contribution is -0.133. The standard InChI is InChI=1S/C30H42FN3O/c1-20(2)16-25(17-21(3)4)30-29(22(5)6)26-18-24(8-9-27(26)32-30)23-10-13-34(14-11-23)28(35)19-33(7)15-12-31/h8-9,16-18,22-23,32H,1,10-15,19H2,2-7H3/b25-16+. The molecule has 1 amide bonds. The van der Waals surface area contributed by atoms with E-state index in [0.29, 0.717) is 18.4 Å². The van der Waals surface area contributed by atoms with Crippen molar-refractivity contribution in [3.05, 3.63) is 64.9 Å². The summed E-state index contributed by atoms with van der Waals surface area (Å²) < 4.78 is 12.5. The number of hydrogen-bond acceptors (Lipinski definition) is 2. The molecule has 1 aromatic carbocycles. The fourth-order valence-electron chi connectivity index (χ4n) is 5.09. The van der Waals surface area contributed by atoms with E-state index < -0.39 is 6.67 Å². The van der Waals surface area contributed by atoms with Gasteiger partial charge in [0, 0.05) is 36.2 Å². The summed E-state index contributed by atoms with van der Waals surface area (Å²) in [6, 6.07) is 6.82. The number of hydrogen-bond donors (Lipinski definition) is 1. The highest BCUT2D eigenvalue weighted by Crippen LogP contribution is 2.37. The van der Waals surface area contributed by atoms with E-state index in [1.54, 1.807) is 11.9 Å². The van der Waals surface area contributed by atoms with E-state index in [0.717, 1.165) is 37.0 Å². The Hall–Kier alpha value is -2.66. The highest BCUT2D eigenvalue weighted by atomic mass is 19.1. The minimum Gasteiger partial charge on any atom is -0.354 e. The summed E-state index contributed by atoms with van der Waals surface area (Å²) in [5.74, 6) is 0.908. The second-order valence-electron chi connectivity index (χ2n) is 10.6. The van der Waals surface area contributed by atoms with Crippen LogP contribution in [0.25, 0.3) is 16.5 Å². The van der Waals surface area contributed by atoms with Crippen molar-refractivity contribution in [1.82, 2.24) is 14.8 Å². The average molecular weight is 480 g/mol. The number of allylic oxidation sites excluding steroid dienone is 5. The summed E-state index contributed by atoms with van der Waals surface area (Å²) in [5.41, 5.74) is 8.48. The van der Waals surface area contributed by atoms with Gasteiger partial charge >= 0.3 is 0 Å². The Morgan fingerprint density at radius 2 is 1.91 bits per heavy atom. The van der Waals surface area contributed by atoms with E-state index in [9.17, 15) is 9.18 Å². The number of H-pyrrole nitrogens is 1. The van der Waals surface area contributed by atoms with Gasteiger partial charge in [0.05, 0.1) is 6.54 Å². The molecule has 2 heterocycles. The van der Waals surface area contributed by atoms with Gasteiger partial charge in [-0.2, -0.15) is 0 Å². The highest BCUT2D eigenvalue weighted by molar-refractivity contribution is 5.92. The first-order chi connectivity index (χ1) is 16.6. The smallest absolute Gasteiger partial charge is 0.236 e. The molecular formula is C30H42FN3O. The quantitative estimate of drug-likeness (QED) is 0.401. The van der Waals surface area contributed by atoms with E-state index in [1.165, 1.54) is 33.4 Å². The average Bonchev–Trinajstić information content (AvgIpc) is 3.17. The van der Waals surface area contributed by atoms with Crippen LogP contribution in [0.1, 0.15) is 76.1 Å². The van der Waals surface area contributed by atoms with Crippen LogP contribution in [0.5, 0.6) is 0 Å². The van der Waals surface area contributed by atoms with Gasteiger partial charge in [0.2, 0.25) is 5.91 Å². The third kappa shape index (κ3) is 6.72. The fraction of sp³-hybridized carbons (Fsp3) is 0.500. The van der Waals surface area contributed by atoms with Crippen LogP contribution in [-0.4, -0.2) is 60.6 Å². The molecule has 0 bridgehead atoms. The van der Waals surface area contributed by atoms with Crippen LogP contribution in [0.3, 0.4) is 0 Å². The van der Waals surface area contributed by atoms with Gasteiger partial charge in [0.1, 0.15) is 6.67 Å². The zero-order chi connectivity index (χ0) is 25.7. The number of likely N-dealkylation sites (N-methyl/N-ethyl adjacent to an activating group) is 1. The van der Waals surface area contributed by atoms with Crippen molar-refractivity contribution in [2.45, 2.75) is 59.3 Å². The maximum atomic E-state index is 12.6. The van der Waals surface area contributed by atoms with E-state index in [-0.39, 0.29) is 12.5 Å². The summed E-state index contributed by atoms with van der Waals surface area (Å²) in [7, 11) is 1.80. The Morgan fingerprint density at radius 1 is 1.23 bits per heavy atom. The summed E-state index contributed by atoms with van der Waals surface area (Å²) in [6.07, 6.45) is 6.29. The maximum absolute atomic E-state index is 12.6. The third-order valence-corrected chi connectivity index (χ3v) is 6.77. The number of halogens is 1. The van der Waals surface area contributed by atoms with Crippen molar-refractivity contribution < 1.29 is 9.18 Å². The van der Waals surface area contributed by atoms with Gasteiger partial charge in [-0.25, -0.2) is 4.39 Å². The predicted octanol–water partition coefficient (Wildman–Crippen LogP) is 6.82. The second kappa shape index (κ2) is 11.9. The van der Waals surface area contributed by atoms with Crippen molar-refractivity contribution >= 4 is 22.4 Å². The molecule has 0 atom stereocenters. The third-order valence-electron chi connectivity index (χ3n) is 6.77. The van der Waals surface area contributed by atoms with Gasteiger partial charge in [0.25, 0.3) is 0 Å². The largest absolute Gasteiger partial charge is 0.354 e. The maximum Gasteiger partial charge on any atom is 0.236 e. The summed E-state index contributed by atoms with van der Waals surface area (Å²) in [4.78, 5) is 20.0. The van der Waals surface area contributed by atoms with E-state index in [1.807, 2.05) is 11.8 Å². The molecule has 1 N–H and O–H groups in total. The molecule has 5 heteroatoms. The first-order valence-electron chi connectivity index (χ1n) is 12.8. The molecule has 1 aliphatic heterocycles. The minimum atomic E-state index is -0.424. The van der Waals surface area contributed by atoms with Crippen LogP contribution in [0.4, 0.5) is 4.39 Å². The zero-order valence-electron chi connectivity index (χ0n) is 22.4. The van der Waals surface area contributed by atoms with Crippen molar-refractivity contribution in [1.29, 1.82) is 0 Å². The summed E-state index contributed by atoms with van der Waals surface area (Å²) >= 11 is 0. The van der Waals surface area contributed by atoms with Crippen LogP contribution >= 0.6 is 0 Å². The normalized spacial score (nSPS) is 15.3. The monoisotopic (exact) mass is 479 g/mol. The minimum absolute atomic E-state index is 0.100. The molecule has 1 fully saturated rings.